The Bertz CT molecular complexity index is 2190. The van der Waals surface area contributed by atoms with Crippen LogP contribution in [0.1, 0.15) is 76.6 Å². The van der Waals surface area contributed by atoms with E-state index in [1.165, 1.54) is 5.56 Å². The number of amides is 1. The first-order valence-corrected chi connectivity index (χ1v) is 20.4. The molecule has 0 bridgehead atoms. The fraction of sp³-hybridized carbons (Fsp3) is 0.357. The van der Waals surface area contributed by atoms with Crippen molar-refractivity contribution in [3.8, 4) is 6.07 Å². The van der Waals surface area contributed by atoms with Gasteiger partial charge in [0.2, 0.25) is 0 Å². The molecule has 0 spiro atoms. The Morgan fingerprint density at radius 2 is 1.56 bits per heavy atom. The number of carbonyl (C=O) groups is 4. The van der Waals surface area contributed by atoms with Gasteiger partial charge in [-0.3, -0.25) is 18.6 Å². The minimum atomic E-state index is -2.74. The van der Waals surface area contributed by atoms with Crippen LogP contribution in [0.25, 0.3) is 10.8 Å². The molecule has 0 radical (unpaired) electrons. The van der Waals surface area contributed by atoms with Gasteiger partial charge in [0.15, 0.2) is 5.60 Å². The second kappa shape index (κ2) is 20.0. The van der Waals surface area contributed by atoms with Gasteiger partial charge in [-0.2, -0.15) is 5.26 Å². The van der Waals surface area contributed by atoms with Gasteiger partial charge in [0.05, 0.1) is 50.9 Å². The fourth-order valence-electron chi connectivity index (χ4n) is 7.18. The van der Waals surface area contributed by atoms with Crippen LogP contribution in [-0.4, -0.2) is 103 Å². The number of carboxylic acid groups (broad SMARTS) is 3. The average molecular weight is 839 g/mol. The minimum absolute atomic E-state index is 0.0328. The predicted octanol–water partition coefficient (Wildman–Crippen LogP) is 6.94. The zero-order valence-electron chi connectivity index (χ0n) is 31.8. The number of nitriles is 1. The number of hydrogen-bond donors (Lipinski definition) is 4. The lowest BCUT2D eigenvalue weighted by molar-refractivity contribution is -0.170. The summed E-state index contributed by atoms with van der Waals surface area (Å²) < 4.78 is 12.3. The largest absolute Gasteiger partial charge is 0.481 e. The lowest BCUT2D eigenvalue weighted by Gasteiger charge is -2.34. The number of aliphatic hydroxyl groups is 1. The number of benzene rings is 4. The Balaban J connectivity index is 0.000000476. The highest BCUT2D eigenvalue weighted by Gasteiger charge is 2.40. The molecule has 2 atom stereocenters. The van der Waals surface area contributed by atoms with Gasteiger partial charge in [-0.05, 0) is 103 Å². The summed E-state index contributed by atoms with van der Waals surface area (Å²) in [4.78, 5) is 49.7. The van der Waals surface area contributed by atoms with Crippen LogP contribution in [0.3, 0.4) is 0 Å². The molecule has 0 saturated carbocycles. The molecule has 15 heteroatoms. The van der Waals surface area contributed by atoms with Crippen LogP contribution in [-0.2, 0) is 25.2 Å². The maximum Gasteiger partial charge on any atom is 0.336 e. The molecule has 1 amide bonds. The second-order valence-electron chi connectivity index (χ2n) is 14.2. The van der Waals surface area contributed by atoms with Crippen molar-refractivity contribution in [2.75, 3.05) is 39.5 Å². The molecule has 0 aromatic heterocycles. The van der Waals surface area contributed by atoms with Crippen molar-refractivity contribution in [2.45, 2.75) is 61.4 Å². The van der Waals surface area contributed by atoms with Crippen molar-refractivity contribution >= 4 is 68.6 Å². The lowest BCUT2D eigenvalue weighted by Crippen LogP contribution is -2.42. The van der Waals surface area contributed by atoms with E-state index in [1.54, 1.807) is 11.2 Å². The summed E-state index contributed by atoms with van der Waals surface area (Å²) in [7, 11) is 0.831. The zero-order valence-corrected chi connectivity index (χ0v) is 34.1. The number of fused-ring (bicyclic) bond motifs is 1. The first kappa shape index (κ1) is 44.9. The SMILES string of the molecule is Cc1c(C#N)cc2ccccc2c1C(=O)N(C)C[C@@H](CCN1CCC(c2ccccc2S(C)=O)CC1)c1ccc(Cl)c(Cl)c1.O=C(O)CC(O)(CC(=O)O)C(=O)O. The number of carboxylic acids is 3. The van der Waals surface area contributed by atoms with E-state index in [9.17, 15) is 28.6 Å². The number of nitrogens with zero attached hydrogens (tertiary/aromatic N) is 3. The third kappa shape index (κ3) is 11.6. The molecule has 1 unspecified atom stereocenters. The standard InChI is InChI=1S/C36H37Cl2N3O2S.C6H8O7/c1-24-29(22-39)20-27-8-4-5-10-31(27)35(24)36(42)40(2)23-28(26-12-13-32(37)33(38)21-26)16-19-41-17-14-25(15-18-41)30-9-6-7-11-34(30)44(3)43;7-3(8)1-6(13,5(11)12)2-4(9)10/h4-13,20-21,25,28H,14-19,23H2,1-3H3;13H,1-2H2,(H,7,8)(H,9,10)(H,11,12)/t28-,44?;/m1./s1. The van der Waals surface area contributed by atoms with Gasteiger partial charge in [-0.15, -0.1) is 0 Å². The van der Waals surface area contributed by atoms with Crippen molar-refractivity contribution in [1.29, 1.82) is 5.26 Å². The zero-order chi connectivity index (χ0) is 42.0. The van der Waals surface area contributed by atoms with Crippen LogP contribution in [0.2, 0.25) is 10.0 Å². The molecular formula is C42H45Cl2N3O9S. The van der Waals surface area contributed by atoms with Gasteiger partial charge in [-0.1, -0.05) is 71.7 Å². The molecule has 4 aromatic rings. The van der Waals surface area contributed by atoms with Crippen LogP contribution in [0, 0.1) is 18.3 Å². The molecular weight excluding hydrogens is 793 g/mol. The molecule has 0 aliphatic carbocycles. The number of halogens is 2. The summed E-state index contributed by atoms with van der Waals surface area (Å²) in [5.74, 6) is -4.68. The van der Waals surface area contributed by atoms with E-state index in [4.69, 9.17) is 43.6 Å². The molecule has 57 heavy (non-hydrogen) atoms. The summed E-state index contributed by atoms with van der Waals surface area (Å²) in [6.45, 7) is 5.15. The van der Waals surface area contributed by atoms with E-state index in [0.717, 1.165) is 60.1 Å². The average Bonchev–Trinajstić information content (AvgIpc) is 3.16. The van der Waals surface area contributed by atoms with E-state index in [1.807, 2.05) is 80.7 Å². The van der Waals surface area contributed by atoms with Gasteiger partial charge in [0.25, 0.3) is 5.91 Å². The number of rotatable bonds is 14. The monoisotopic (exact) mass is 837 g/mol. The fourth-order valence-corrected chi connectivity index (χ4v) is 8.32. The van der Waals surface area contributed by atoms with Crippen molar-refractivity contribution in [1.82, 2.24) is 9.80 Å². The Kier molecular flexibility index (Phi) is 15.8. The Morgan fingerprint density at radius 1 is 0.947 bits per heavy atom. The topological polar surface area (TPSA) is 197 Å². The van der Waals surface area contributed by atoms with Crippen LogP contribution >= 0.6 is 23.2 Å². The highest BCUT2D eigenvalue weighted by atomic mass is 35.5. The molecule has 4 N–H and O–H groups in total. The highest BCUT2D eigenvalue weighted by molar-refractivity contribution is 7.84. The number of likely N-dealkylation sites (N-methyl/N-ethyl adjacent to an activating group) is 1. The third-order valence-corrected chi connectivity index (χ3v) is 12.0. The third-order valence-electron chi connectivity index (χ3n) is 10.2. The summed E-state index contributed by atoms with van der Waals surface area (Å²) in [5.41, 5.74) is 1.30. The maximum absolute atomic E-state index is 14.0. The van der Waals surface area contributed by atoms with Gasteiger partial charge in [-0.25, -0.2) is 4.79 Å². The lowest BCUT2D eigenvalue weighted by atomic mass is 9.88. The smallest absolute Gasteiger partial charge is 0.336 e. The van der Waals surface area contributed by atoms with Crippen molar-refractivity contribution in [3.05, 3.63) is 111 Å². The number of likely N-dealkylation sites (tertiary alicyclic amines) is 1. The molecule has 5 rings (SSSR count). The van der Waals surface area contributed by atoms with Gasteiger partial charge in [0.1, 0.15) is 0 Å². The van der Waals surface area contributed by atoms with Crippen molar-refractivity contribution in [3.63, 3.8) is 0 Å². The Morgan fingerprint density at radius 3 is 2.14 bits per heavy atom. The van der Waals surface area contributed by atoms with Crippen LogP contribution < -0.4 is 0 Å². The van der Waals surface area contributed by atoms with Crippen molar-refractivity contribution in [2.24, 2.45) is 0 Å². The quantitative estimate of drug-likeness (QED) is 0.103. The minimum Gasteiger partial charge on any atom is -0.481 e. The molecule has 12 nitrogen and oxygen atoms in total. The van der Waals surface area contributed by atoms with E-state index < -0.39 is 47.2 Å². The number of carbonyl (C=O) groups excluding carboxylic acids is 1. The van der Waals surface area contributed by atoms with E-state index in [-0.39, 0.29) is 11.8 Å². The van der Waals surface area contributed by atoms with Gasteiger partial charge >= 0.3 is 17.9 Å². The number of hydrogen-bond acceptors (Lipinski definition) is 8. The molecule has 1 saturated heterocycles. The summed E-state index contributed by atoms with van der Waals surface area (Å²) in [6, 6.07) is 25.7. The first-order chi connectivity index (χ1) is 26.9. The molecule has 1 heterocycles. The summed E-state index contributed by atoms with van der Waals surface area (Å²) in [5, 5.41) is 46.3. The second-order valence-corrected chi connectivity index (χ2v) is 16.3. The molecule has 1 aliphatic rings. The Labute approximate surface area is 343 Å². The number of aliphatic carboxylic acids is 3. The van der Waals surface area contributed by atoms with Gasteiger partial charge < -0.3 is 30.2 Å². The highest BCUT2D eigenvalue weighted by Crippen LogP contribution is 2.34. The summed E-state index contributed by atoms with van der Waals surface area (Å²) >= 11 is 12.7. The van der Waals surface area contributed by atoms with E-state index in [2.05, 4.69) is 17.0 Å². The van der Waals surface area contributed by atoms with Crippen LogP contribution in [0.4, 0.5) is 0 Å². The normalized spacial score (nSPS) is 14.5. The Hall–Kier alpha value is -4.84. The predicted molar refractivity (Wildman–Crippen MR) is 218 cm³/mol. The molecule has 1 aliphatic heterocycles. The van der Waals surface area contributed by atoms with Crippen LogP contribution in [0.15, 0.2) is 77.7 Å². The summed E-state index contributed by atoms with van der Waals surface area (Å²) in [6.07, 6.45) is 2.34. The van der Waals surface area contributed by atoms with Gasteiger partial charge in [0, 0.05) is 30.7 Å². The molecule has 4 aromatic carbocycles. The van der Waals surface area contributed by atoms with Crippen LogP contribution in [0.5, 0.6) is 0 Å². The molecule has 302 valence electrons. The van der Waals surface area contributed by atoms with E-state index in [0.29, 0.717) is 39.2 Å². The van der Waals surface area contributed by atoms with Crippen molar-refractivity contribution < 1.29 is 43.8 Å². The first-order valence-electron chi connectivity index (χ1n) is 18.1. The maximum atomic E-state index is 14.0. The molecule has 1 fully saturated rings. The van der Waals surface area contributed by atoms with E-state index >= 15 is 0 Å². The number of piperidine rings is 1.